The summed E-state index contributed by atoms with van der Waals surface area (Å²) < 4.78 is 0. The van der Waals surface area contributed by atoms with Gasteiger partial charge in [-0.05, 0) is 114 Å². The molecule has 10 aromatic rings. The predicted molar refractivity (Wildman–Crippen MR) is 260 cm³/mol. The minimum Gasteiger partial charge on any atom is -0.310 e. The fourth-order valence-corrected chi connectivity index (χ4v) is 9.80. The van der Waals surface area contributed by atoms with Crippen LogP contribution >= 0.6 is 0 Å². The number of hydrogen-bond donors (Lipinski definition) is 0. The molecule has 10 aromatic carbocycles. The maximum Gasteiger partial charge on any atom is 0.0714 e. The lowest BCUT2D eigenvalue weighted by molar-refractivity contribution is 0.768. The molecule has 11 rings (SSSR count). The van der Waals surface area contributed by atoms with Crippen LogP contribution in [-0.4, -0.2) is 0 Å². The number of hydrogen-bond acceptors (Lipinski definition) is 1. The third-order valence-corrected chi connectivity index (χ3v) is 12.6. The van der Waals surface area contributed by atoms with Gasteiger partial charge >= 0.3 is 0 Å². The standard InChI is InChI=1S/C61H43N/c1-6-20-44(21-7-1)45-34-36-50(37-35-45)62(51-38-40-55(58(42-51)47-24-10-3-11-25-47)54-31-17-16-30-53(54)46-22-8-2-9-23-46)52-39-41-57-56-32-18-19-33-59(56)61(60(57)43-52,48-26-12-4-13-27-48)49-28-14-5-15-29-49/h1-43H. The van der Waals surface area contributed by atoms with Crippen LogP contribution in [0.4, 0.5) is 17.1 Å². The van der Waals surface area contributed by atoms with Gasteiger partial charge in [0.05, 0.1) is 5.41 Å². The van der Waals surface area contributed by atoms with E-state index in [0.29, 0.717) is 0 Å². The summed E-state index contributed by atoms with van der Waals surface area (Å²) in [6.45, 7) is 0. The van der Waals surface area contributed by atoms with Gasteiger partial charge in [-0.3, -0.25) is 0 Å². The maximum absolute atomic E-state index is 2.46. The molecule has 0 saturated heterocycles. The summed E-state index contributed by atoms with van der Waals surface area (Å²) in [7, 11) is 0. The van der Waals surface area contributed by atoms with Gasteiger partial charge in [0.2, 0.25) is 0 Å². The molecular formula is C61H43N. The lowest BCUT2D eigenvalue weighted by Gasteiger charge is -2.35. The normalized spacial score (nSPS) is 12.3. The Morgan fingerprint density at radius 3 is 1.21 bits per heavy atom. The first-order chi connectivity index (χ1) is 30.8. The lowest BCUT2D eigenvalue weighted by atomic mass is 9.67. The fraction of sp³-hybridized carbons (Fsp3) is 0.0164. The first-order valence-corrected chi connectivity index (χ1v) is 21.4. The van der Waals surface area contributed by atoms with Gasteiger partial charge in [0, 0.05) is 17.1 Å². The van der Waals surface area contributed by atoms with Crippen LogP contribution in [0.3, 0.4) is 0 Å². The van der Waals surface area contributed by atoms with E-state index >= 15 is 0 Å². The first-order valence-electron chi connectivity index (χ1n) is 21.4. The molecular weight excluding hydrogens is 747 g/mol. The van der Waals surface area contributed by atoms with Crippen molar-refractivity contribution in [3.05, 3.63) is 283 Å². The molecule has 0 fully saturated rings. The minimum absolute atomic E-state index is 0.520. The molecule has 0 aliphatic heterocycles. The zero-order valence-electron chi connectivity index (χ0n) is 34.3. The third kappa shape index (κ3) is 6.35. The minimum atomic E-state index is -0.520. The summed E-state index contributed by atoms with van der Waals surface area (Å²) in [5.74, 6) is 0. The van der Waals surface area contributed by atoms with E-state index in [4.69, 9.17) is 0 Å². The molecule has 1 heteroatoms. The first kappa shape index (κ1) is 37.0. The summed E-state index contributed by atoms with van der Waals surface area (Å²) in [6.07, 6.45) is 0. The van der Waals surface area contributed by atoms with Crippen LogP contribution < -0.4 is 4.90 Å². The molecule has 1 aliphatic carbocycles. The second-order valence-corrected chi connectivity index (χ2v) is 16.0. The van der Waals surface area contributed by atoms with E-state index < -0.39 is 5.41 Å². The Labute approximate surface area is 364 Å². The summed E-state index contributed by atoms with van der Waals surface area (Å²) in [5.41, 5.74) is 19.9. The molecule has 0 amide bonds. The van der Waals surface area contributed by atoms with Crippen LogP contribution in [0.25, 0.3) is 55.6 Å². The van der Waals surface area contributed by atoms with E-state index in [1.807, 2.05) is 0 Å². The van der Waals surface area contributed by atoms with Gasteiger partial charge in [0.1, 0.15) is 0 Å². The monoisotopic (exact) mass is 789 g/mol. The zero-order valence-corrected chi connectivity index (χ0v) is 34.3. The number of benzene rings is 10. The smallest absolute Gasteiger partial charge is 0.0714 e. The van der Waals surface area contributed by atoms with Crippen molar-refractivity contribution < 1.29 is 0 Å². The molecule has 1 aliphatic rings. The summed E-state index contributed by atoms with van der Waals surface area (Å²) in [6, 6.07) is 95.3. The van der Waals surface area contributed by atoms with Crippen LogP contribution in [0.2, 0.25) is 0 Å². The van der Waals surface area contributed by atoms with Gasteiger partial charge in [-0.25, -0.2) is 0 Å². The summed E-state index contributed by atoms with van der Waals surface area (Å²) >= 11 is 0. The number of rotatable bonds is 9. The molecule has 0 atom stereocenters. The molecule has 62 heavy (non-hydrogen) atoms. The van der Waals surface area contributed by atoms with Crippen molar-refractivity contribution in [2.75, 3.05) is 4.90 Å². The highest BCUT2D eigenvalue weighted by Crippen LogP contribution is 2.57. The van der Waals surface area contributed by atoms with Crippen molar-refractivity contribution in [3.63, 3.8) is 0 Å². The summed E-state index contributed by atoms with van der Waals surface area (Å²) in [5, 5.41) is 0. The molecule has 0 bridgehead atoms. The van der Waals surface area contributed by atoms with Gasteiger partial charge in [-0.15, -0.1) is 0 Å². The number of anilines is 3. The van der Waals surface area contributed by atoms with Gasteiger partial charge < -0.3 is 4.90 Å². The zero-order chi connectivity index (χ0) is 41.3. The van der Waals surface area contributed by atoms with Crippen LogP contribution in [-0.2, 0) is 5.41 Å². The highest BCUT2D eigenvalue weighted by atomic mass is 15.1. The topological polar surface area (TPSA) is 3.24 Å². The van der Waals surface area contributed by atoms with E-state index in [1.54, 1.807) is 0 Å². The van der Waals surface area contributed by atoms with E-state index in [1.165, 1.54) is 77.9 Å². The van der Waals surface area contributed by atoms with Crippen LogP contribution in [0.5, 0.6) is 0 Å². The SMILES string of the molecule is c1ccc(-c2ccc(N(c3ccc(-c4ccccc4-c4ccccc4)c(-c4ccccc4)c3)c3ccc4c(c3)C(c3ccccc3)(c3ccccc3)c3ccccc3-4)cc2)cc1. The molecule has 0 N–H and O–H groups in total. The van der Waals surface area contributed by atoms with E-state index in [2.05, 4.69) is 266 Å². The Morgan fingerprint density at radius 1 is 0.226 bits per heavy atom. The Bertz CT molecular complexity index is 3100. The Balaban J connectivity index is 1.16. The number of nitrogens with zero attached hydrogens (tertiary/aromatic N) is 1. The third-order valence-electron chi connectivity index (χ3n) is 12.6. The molecule has 0 radical (unpaired) electrons. The molecule has 0 unspecified atom stereocenters. The van der Waals surface area contributed by atoms with Crippen molar-refractivity contribution >= 4 is 17.1 Å². The Hall–Kier alpha value is -8.00. The molecule has 0 heterocycles. The Kier molecular flexibility index (Phi) is 9.48. The highest BCUT2D eigenvalue weighted by Gasteiger charge is 2.46. The molecule has 0 aromatic heterocycles. The van der Waals surface area contributed by atoms with Gasteiger partial charge in [0.15, 0.2) is 0 Å². The molecule has 1 nitrogen and oxygen atoms in total. The van der Waals surface area contributed by atoms with Gasteiger partial charge in [-0.2, -0.15) is 0 Å². The molecule has 0 saturated carbocycles. The van der Waals surface area contributed by atoms with Crippen LogP contribution in [0, 0.1) is 0 Å². The van der Waals surface area contributed by atoms with Crippen molar-refractivity contribution in [1.29, 1.82) is 0 Å². The van der Waals surface area contributed by atoms with Gasteiger partial charge in [0.25, 0.3) is 0 Å². The largest absolute Gasteiger partial charge is 0.310 e. The highest BCUT2D eigenvalue weighted by molar-refractivity contribution is 5.95. The van der Waals surface area contributed by atoms with Crippen molar-refractivity contribution in [1.82, 2.24) is 0 Å². The van der Waals surface area contributed by atoms with Crippen molar-refractivity contribution in [3.8, 4) is 55.6 Å². The maximum atomic E-state index is 2.46. The Morgan fingerprint density at radius 2 is 0.613 bits per heavy atom. The van der Waals surface area contributed by atoms with Gasteiger partial charge in [-0.1, -0.05) is 224 Å². The second-order valence-electron chi connectivity index (χ2n) is 16.0. The predicted octanol–water partition coefficient (Wildman–Crippen LogP) is 16.2. The second kappa shape index (κ2) is 15.9. The van der Waals surface area contributed by atoms with Crippen LogP contribution in [0.1, 0.15) is 22.3 Å². The van der Waals surface area contributed by atoms with E-state index in [9.17, 15) is 0 Å². The number of fused-ring (bicyclic) bond motifs is 3. The van der Waals surface area contributed by atoms with E-state index in [-0.39, 0.29) is 0 Å². The van der Waals surface area contributed by atoms with Crippen molar-refractivity contribution in [2.45, 2.75) is 5.41 Å². The van der Waals surface area contributed by atoms with Crippen molar-refractivity contribution in [2.24, 2.45) is 0 Å². The fourth-order valence-electron chi connectivity index (χ4n) is 9.80. The lowest BCUT2D eigenvalue weighted by Crippen LogP contribution is -2.28. The molecule has 292 valence electrons. The van der Waals surface area contributed by atoms with Crippen LogP contribution in [0.15, 0.2) is 261 Å². The average Bonchev–Trinajstić information content (AvgIpc) is 3.66. The quantitative estimate of drug-likeness (QED) is 0.141. The summed E-state index contributed by atoms with van der Waals surface area (Å²) in [4.78, 5) is 2.44. The van der Waals surface area contributed by atoms with E-state index in [0.717, 1.165) is 17.1 Å². The average molecular weight is 790 g/mol. The molecule has 0 spiro atoms.